The molecule has 0 bridgehead atoms. The molecule has 0 saturated heterocycles. The molecular weight excluding hydrogens is 223 g/mol. The van der Waals surface area contributed by atoms with Crippen molar-refractivity contribution in [3.8, 4) is 0 Å². The van der Waals surface area contributed by atoms with Gasteiger partial charge in [0, 0.05) is 5.56 Å². The Morgan fingerprint density at radius 2 is 2.00 bits per heavy atom. The molecule has 0 atom stereocenters. The summed E-state index contributed by atoms with van der Waals surface area (Å²) in [6, 6.07) is 4.24. The Bertz CT molecular complexity index is 436. The number of halogens is 1. The van der Waals surface area contributed by atoms with Gasteiger partial charge >= 0.3 is 5.97 Å². The molecule has 0 spiro atoms. The molecule has 1 fully saturated rings. The average molecular weight is 238 g/mol. The molecule has 0 unspecified atom stereocenters. The lowest BCUT2D eigenvalue weighted by atomic mass is 9.78. The van der Waals surface area contributed by atoms with Crippen LogP contribution in [0, 0.1) is 5.82 Å². The molecule has 0 radical (unpaired) electrons. The van der Waals surface area contributed by atoms with Crippen LogP contribution in [-0.2, 0) is 16.8 Å². The van der Waals surface area contributed by atoms with Crippen LogP contribution >= 0.6 is 0 Å². The van der Waals surface area contributed by atoms with Crippen LogP contribution < -0.4 is 0 Å². The maximum atomic E-state index is 13.3. The van der Waals surface area contributed by atoms with Crippen molar-refractivity contribution in [2.75, 3.05) is 0 Å². The number of carboxylic acid groups (broad SMARTS) is 1. The van der Waals surface area contributed by atoms with Gasteiger partial charge in [0.05, 0.1) is 12.0 Å². The molecule has 0 aromatic heterocycles. The smallest absolute Gasteiger partial charge is 0.314 e. The summed E-state index contributed by atoms with van der Waals surface area (Å²) in [6.45, 7) is -0.407. The first-order valence-corrected chi connectivity index (χ1v) is 5.73. The summed E-state index contributed by atoms with van der Waals surface area (Å²) in [4.78, 5) is 11.5. The molecule has 17 heavy (non-hydrogen) atoms. The zero-order chi connectivity index (χ0) is 12.5. The van der Waals surface area contributed by atoms with E-state index in [4.69, 9.17) is 5.11 Å². The maximum absolute atomic E-state index is 13.3. The van der Waals surface area contributed by atoms with Crippen molar-refractivity contribution in [1.82, 2.24) is 0 Å². The predicted octanol–water partition coefficient (Wildman–Crippen LogP) is 2.21. The monoisotopic (exact) mass is 238 g/mol. The number of benzene rings is 1. The molecule has 1 saturated carbocycles. The van der Waals surface area contributed by atoms with Crippen LogP contribution in [0.3, 0.4) is 0 Å². The first-order chi connectivity index (χ1) is 8.10. The first-order valence-electron chi connectivity index (χ1n) is 5.73. The molecule has 4 heteroatoms. The van der Waals surface area contributed by atoms with Crippen LogP contribution in [0.1, 0.15) is 36.8 Å². The lowest BCUT2D eigenvalue weighted by Gasteiger charge is -2.24. The van der Waals surface area contributed by atoms with Gasteiger partial charge in [-0.1, -0.05) is 18.9 Å². The molecule has 2 rings (SSSR count). The second-order valence-corrected chi connectivity index (χ2v) is 4.56. The van der Waals surface area contributed by atoms with E-state index in [9.17, 15) is 14.3 Å². The molecule has 0 aliphatic heterocycles. The largest absolute Gasteiger partial charge is 0.481 e. The lowest BCUT2D eigenvalue weighted by molar-refractivity contribution is -0.143. The van der Waals surface area contributed by atoms with Gasteiger partial charge in [0.25, 0.3) is 0 Å². The van der Waals surface area contributed by atoms with Crippen LogP contribution in [0.2, 0.25) is 0 Å². The van der Waals surface area contributed by atoms with Gasteiger partial charge in [-0.3, -0.25) is 4.79 Å². The van der Waals surface area contributed by atoms with Crippen molar-refractivity contribution >= 4 is 5.97 Å². The fraction of sp³-hybridized carbons (Fsp3) is 0.462. The number of carboxylic acids is 1. The van der Waals surface area contributed by atoms with Gasteiger partial charge in [-0.05, 0) is 30.5 Å². The van der Waals surface area contributed by atoms with Gasteiger partial charge in [-0.15, -0.1) is 0 Å². The number of hydrogen-bond donors (Lipinski definition) is 2. The standard InChI is InChI=1S/C13H15FO3/c14-11-4-3-10(7-9(11)8-15)13(12(16)17)5-1-2-6-13/h3-4,7,15H,1-2,5-6,8H2,(H,16,17). The number of hydrogen-bond acceptors (Lipinski definition) is 2. The van der Waals surface area contributed by atoms with Crippen LogP contribution in [-0.4, -0.2) is 16.2 Å². The summed E-state index contributed by atoms with van der Waals surface area (Å²) in [6.07, 6.45) is 2.91. The van der Waals surface area contributed by atoms with E-state index in [2.05, 4.69) is 0 Å². The minimum absolute atomic E-state index is 0.162. The maximum Gasteiger partial charge on any atom is 0.314 e. The SMILES string of the molecule is O=C(O)C1(c2ccc(F)c(CO)c2)CCCC1. The highest BCUT2D eigenvalue weighted by Crippen LogP contribution is 2.41. The molecule has 0 amide bonds. The minimum atomic E-state index is -0.891. The van der Waals surface area contributed by atoms with Gasteiger partial charge in [0.15, 0.2) is 0 Å². The molecular formula is C13H15FO3. The Morgan fingerprint density at radius 1 is 1.35 bits per heavy atom. The summed E-state index contributed by atoms with van der Waals surface area (Å²) in [5.41, 5.74) is -0.125. The van der Waals surface area contributed by atoms with Crippen LogP contribution in [0.5, 0.6) is 0 Å². The van der Waals surface area contributed by atoms with E-state index in [0.717, 1.165) is 12.8 Å². The second-order valence-electron chi connectivity index (χ2n) is 4.56. The van der Waals surface area contributed by atoms with E-state index in [0.29, 0.717) is 18.4 Å². The summed E-state index contributed by atoms with van der Waals surface area (Å²) >= 11 is 0. The van der Waals surface area contributed by atoms with Gasteiger partial charge < -0.3 is 10.2 Å². The number of aliphatic hydroxyl groups excluding tert-OH is 1. The van der Waals surface area contributed by atoms with E-state index < -0.39 is 23.8 Å². The molecule has 2 N–H and O–H groups in total. The topological polar surface area (TPSA) is 57.5 Å². The fourth-order valence-electron chi connectivity index (χ4n) is 2.60. The minimum Gasteiger partial charge on any atom is -0.481 e. The Kier molecular flexibility index (Phi) is 3.15. The van der Waals surface area contributed by atoms with Gasteiger partial charge in [-0.25, -0.2) is 4.39 Å². The zero-order valence-corrected chi connectivity index (χ0v) is 9.45. The van der Waals surface area contributed by atoms with Gasteiger partial charge in [0.2, 0.25) is 0 Å². The van der Waals surface area contributed by atoms with Crippen molar-refractivity contribution in [2.45, 2.75) is 37.7 Å². The van der Waals surface area contributed by atoms with E-state index in [1.165, 1.54) is 18.2 Å². The molecule has 1 aliphatic rings. The number of aliphatic hydroxyl groups is 1. The summed E-state index contributed by atoms with van der Waals surface area (Å²) in [7, 11) is 0. The molecule has 1 aromatic rings. The lowest BCUT2D eigenvalue weighted by Crippen LogP contribution is -2.32. The molecule has 1 aliphatic carbocycles. The van der Waals surface area contributed by atoms with Crippen molar-refractivity contribution in [3.63, 3.8) is 0 Å². The van der Waals surface area contributed by atoms with Crippen molar-refractivity contribution in [2.24, 2.45) is 0 Å². The van der Waals surface area contributed by atoms with Crippen LogP contribution in [0.4, 0.5) is 4.39 Å². The quantitative estimate of drug-likeness (QED) is 0.848. The van der Waals surface area contributed by atoms with Crippen molar-refractivity contribution in [3.05, 3.63) is 35.1 Å². The normalized spacial score (nSPS) is 18.2. The Balaban J connectivity index is 2.47. The fourth-order valence-corrected chi connectivity index (χ4v) is 2.60. The van der Waals surface area contributed by atoms with Crippen LogP contribution in [0.15, 0.2) is 18.2 Å². The number of carbonyl (C=O) groups is 1. The summed E-state index contributed by atoms with van der Waals surface area (Å²) in [5.74, 6) is -1.35. The second kappa shape index (κ2) is 4.45. The van der Waals surface area contributed by atoms with E-state index >= 15 is 0 Å². The molecule has 0 heterocycles. The van der Waals surface area contributed by atoms with Crippen molar-refractivity contribution in [1.29, 1.82) is 0 Å². The third-order valence-corrected chi connectivity index (χ3v) is 3.64. The van der Waals surface area contributed by atoms with Gasteiger partial charge in [-0.2, -0.15) is 0 Å². The van der Waals surface area contributed by atoms with E-state index in [-0.39, 0.29) is 5.56 Å². The van der Waals surface area contributed by atoms with Gasteiger partial charge in [0.1, 0.15) is 5.82 Å². The molecule has 1 aromatic carbocycles. The predicted molar refractivity (Wildman–Crippen MR) is 60.1 cm³/mol. The molecule has 92 valence electrons. The third kappa shape index (κ3) is 1.93. The first kappa shape index (κ1) is 12.0. The Labute approximate surface area is 98.9 Å². The highest BCUT2D eigenvalue weighted by atomic mass is 19.1. The average Bonchev–Trinajstić information content (AvgIpc) is 2.80. The third-order valence-electron chi connectivity index (χ3n) is 3.64. The summed E-state index contributed by atoms with van der Waals surface area (Å²) < 4.78 is 13.3. The molecule has 3 nitrogen and oxygen atoms in total. The van der Waals surface area contributed by atoms with E-state index in [1.807, 2.05) is 0 Å². The van der Waals surface area contributed by atoms with E-state index in [1.54, 1.807) is 0 Å². The Morgan fingerprint density at radius 3 is 2.53 bits per heavy atom. The van der Waals surface area contributed by atoms with Crippen LogP contribution in [0.25, 0.3) is 0 Å². The summed E-state index contributed by atoms with van der Waals surface area (Å²) in [5, 5.41) is 18.4. The zero-order valence-electron chi connectivity index (χ0n) is 9.45. The number of aliphatic carboxylic acids is 1. The highest BCUT2D eigenvalue weighted by Gasteiger charge is 2.43. The highest BCUT2D eigenvalue weighted by molar-refractivity contribution is 5.81. The Hall–Kier alpha value is -1.42. The van der Waals surface area contributed by atoms with Crippen molar-refractivity contribution < 1.29 is 19.4 Å². The number of rotatable bonds is 3.